The van der Waals surface area contributed by atoms with Crippen molar-refractivity contribution < 1.29 is 0 Å². The molecule has 5 nitrogen and oxygen atoms in total. The van der Waals surface area contributed by atoms with Crippen LogP contribution < -0.4 is 10.9 Å². The lowest BCUT2D eigenvalue weighted by molar-refractivity contribution is 0.459. The van der Waals surface area contributed by atoms with E-state index in [-0.39, 0.29) is 5.56 Å². The fourth-order valence-electron chi connectivity index (χ4n) is 3.79. The zero-order valence-corrected chi connectivity index (χ0v) is 16.9. The predicted octanol–water partition coefficient (Wildman–Crippen LogP) is 3.16. The van der Waals surface area contributed by atoms with Gasteiger partial charge in [0.2, 0.25) is 5.56 Å². The molecule has 0 spiro atoms. The summed E-state index contributed by atoms with van der Waals surface area (Å²) in [4.78, 5) is 19.0. The van der Waals surface area contributed by atoms with Crippen molar-refractivity contribution >= 4 is 5.96 Å². The lowest BCUT2D eigenvalue weighted by atomic mass is 9.99. The number of hydrogen-bond donors (Lipinski definition) is 1. The van der Waals surface area contributed by atoms with Crippen molar-refractivity contribution in [1.29, 1.82) is 0 Å². The molecule has 0 radical (unpaired) electrons. The summed E-state index contributed by atoms with van der Waals surface area (Å²) in [5.41, 5.74) is 1.49. The summed E-state index contributed by atoms with van der Waals surface area (Å²) in [5.74, 6) is 1.73. The highest BCUT2D eigenvalue weighted by molar-refractivity contribution is 5.80. The van der Waals surface area contributed by atoms with Crippen molar-refractivity contribution in [3.8, 4) is 0 Å². The monoisotopic (exact) mass is 380 g/mol. The Balaban J connectivity index is 1.46. The number of nitrogens with one attached hydrogen (secondary N) is 1. The molecule has 1 aromatic carbocycles. The molecule has 0 amide bonds. The second kappa shape index (κ2) is 10.7. The highest BCUT2D eigenvalue weighted by Crippen LogP contribution is 2.20. The van der Waals surface area contributed by atoms with Gasteiger partial charge in [0.05, 0.1) is 0 Å². The van der Waals surface area contributed by atoms with Crippen LogP contribution in [0.3, 0.4) is 0 Å². The number of hydrogen-bond acceptors (Lipinski definition) is 2. The first-order chi connectivity index (χ1) is 13.8. The number of aliphatic imine (C=N–C) groups is 1. The molecule has 1 aromatic heterocycles. The van der Waals surface area contributed by atoms with Crippen LogP contribution in [0.2, 0.25) is 0 Å². The van der Waals surface area contributed by atoms with E-state index >= 15 is 0 Å². The summed E-state index contributed by atoms with van der Waals surface area (Å²) in [6.07, 6.45) is 6.16. The lowest BCUT2D eigenvalue weighted by Crippen LogP contribution is -2.40. The number of benzene rings is 1. The highest BCUT2D eigenvalue weighted by atomic mass is 16.1. The van der Waals surface area contributed by atoms with E-state index in [9.17, 15) is 4.79 Å². The summed E-state index contributed by atoms with van der Waals surface area (Å²) in [5, 5.41) is 3.45. The van der Waals surface area contributed by atoms with Crippen molar-refractivity contribution in [1.82, 2.24) is 14.8 Å². The molecule has 0 bridgehead atoms. The van der Waals surface area contributed by atoms with Gasteiger partial charge < -0.3 is 14.8 Å². The molecule has 2 aromatic rings. The van der Waals surface area contributed by atoms with Crippen molar-refractivity contribution in [3.63, 3.8) is 0 Å². The lowest BCUT2D eigenvalue weighted by Gasteiger charge is -2.21. The van der Waals surface area contributed by atoms with E-state index in [0.29, 0.717) is 5.92 Å². The normalized spacial score (nSPS) is 17.1. The van der Waals surface area contributed by atoms with Gasteiger partial charge in [-0.2, -0.15) is 0 Å². The zero-order chi connectivity index (χ0) is 19.6. The topological polar surface area (TPSA) is 49.6 Å². The molecule has 1 saturated heterocycles. The standard InChI is InChI=1S/C23H32N4O/c1-2-24-23(25-14-7-9-16-26-15-8-6-12-22(26)28)27-17-13-21(19-27)18-20-10-4-3-5-11-20/h3-6,8,10-12,15,21H,2,7,9,13-14,16-19H2,1H3,(H,24,25). The molecule has 2 heterocycles. The number of unbranched alkanes of at least 4 members (excludes halogenated alkanes) is 1. The minimum atomic E-state index is 0.0702. The van der Waals surface area contributed by atoms with E-state index in [1.165, 1.54) is 12.0 Å². The summed E-state index contributed by atoms with van der Waals surface area (Å²) in [7, 11) is 0. The van der Waals surface area contributed by atoms with Gasteiger partial charge >= 0.3 is 0 Å². The third kappa shape index (κ3) is 5.98. The van der Waals surface area contributed by atoms with Crippen LogP contribution in [0.1, 0.15) is 31.7 Å². The van der Waals surface area contributed by atoms with Crippen molar-refractivity contribution in [2.45, 2.75) is 39.2 Å². The van der Waals surface area contributed by atoms with E-state index in [1.807, 2.05) is 12.3 Å². The smallest absolute Gasteiger partial charge is 0.250 e. The fraction of sp³-hybridized carbons (Fsp3) is 0.478. The highest BCUT2D eigenvalue weighted by Gasteiger charge is 2.24. The van der Waals surface area contributed by atoms with Crippen LogP contribution in [0.5, 0.6) is 0 Å². The van der Waals surface area contributed by atoms with Crippen molar-refractivity contribution in [3.05, 3.63) is 70.6 Å². The molecular formula is C23H32N4O. The minimum Gasteiger partial charge on any atom is -0.357 e. The second-order valence-corrected chi connectivity index (χ2v) is 7.47. The van der Waals surface area contributed by atoms with E-state index in [1.54, 1.807) is 16.7 Å². The Labute approximate surface area is 168 Å². The summed E-state index contributed by atoms with van der Waals surface area (Å²) >= 11 is 0. The molecule has 1 aliphatic rings. The fourth-order valence-corrected chi connectivity index (χ4v) is 3.79. The summed E-state index contributed by atoms with van der Waals surface area (Å²) in [6.45, 7) is 6.70. The van der Waals surface area contributed by atoms with Gasteiger partial charge in [-0.25, -0.2) is 0 Å². The zero-order valence-electron chi connectivity index (χ0n) is 16.9. The van der Waals surface area contributed by atoms with Gasteiger partial charge in [0.25, 0.3) is 0 Å². The van der Waals surface area contributed by atoms with Crippen LogP contribution in [0.25, 0.3) is 0 Å². The van der Waals surface area contributed by atoms with Gasteiger partial charge in [0.15, 0.2) is 5.96 Å². The van der Waals surface area contributed by atoms with Crippen LogP contribution in [0, 0.1) is 5.92 Å². The molecule has 1 N–H and O–H groups in total. The third-order valence-corrected chi connectivity index (χ3v) is 5.26. The average molecular weight is 381 g/mol. The molecule has 3 rings (SSSR count). The number of aryl methyl sites for hydroxylation is 1. The van der Waals surface area contributed by atoms with E-state index in [4.69, 9.17) is 4.99 Å². The van der Waals surface area contributed by atoms with E-state index < -0.39 is 0 Å². The first-order valence-electron chi connectivity index (χ1n) is 10.5. The van der Waals surface area contributed by atoms with Crippen LogP contribution in [-0.4, -0.2) is 41.6 Å². The Hall–Kier alpha value is -2.56. The first kappa shape index (κ1) is 20.2. The van der Waals surface area contributed by atoms with Gasteiger partial charge in [0, 0.05) is 45.0 Å². The van der Waals surface area contributed by atoms with Crippen molar-refractivity contribution in [2.24, 2.45) is 10.9 Å². The minimum absolute atomic E-state index is 0.0702. The predicted molar refractivity (Wildman–Crippen MR) is 116 cm³/mol. The summed E-state index contributed by atoms with van der Waals surface area (Å²) in [6, 6.07) is 16.1. The number of nitrogens with zero attached hydrogens (tertiary/aromatic N) is 3. The molecule has 0 saturated carbocycles. The molecular weight excluding hydrogens is 348 g/mol. The number of aromatic nitrogens is 1. The van der Waals surface area contributed by atoms with Gasteiger partial charge in [-0.3, -0.25) is 9.79 Å². The maximum Gasteiger partial charge on any atom is 0.250 e. The maximum absolute atomic E-state index is 11.7. The molecule has 1 unspecified atom stereocenters. The largest absolute Gasteiger partial charge is 0.357 e. The van der Waals surface area contributed by atoms with Crippen LogP contribution in [-0.2, 0) is 13.0 Å². The third-order valence-electron chi connectivity index (χ3n) is 5.26. The summed E-state index contributed by atoms with van der Waals surface area (Å²) < 4.78 is 1.77. The number of guanidine groups is 1. The molecule has 1 aliphatic heterocycles. The quantitative estimate of drug-likeness (QED) is 0.435. The Morgan fingerprint density at radius 3 is 2.75 bits per heavy atom. The van der Waals surface area contributed by atoms with Crippen LogP contribution >= 0.6 is 0 Å². The molecule has 28 heavy (non-hydrogen) atoms. The average Bonchev–Trinajstić information content (AvgIpc) is 3.17. The molecule has 0 aliphatic carbocycles. The Bertz CT molecular complexity index is 800. The van der Waals surface area contributed by atoms with Crippen molar-refractivity contribution in [2.75, 3.05) is 26.2 Å². The van der Waals surface area contributed by atoms with E-state index in [2.05, 4.69) is 47.5 Å². The number of likely N-dealkylation sites (tertiary alicyclic amines) is 1. The first-order valence-corrected chi connectivity index (χ1v) is 10.5. The second-order valence-electron chi connectivity index (χ2n) is 7.47. The van der Waals surface area contributed by atoms with Gasteiger partial charge in [-0.15, -0.1) is 0 Å². The Morgan fingerprint density at radius 1 is 1.14 bits per heavy atom. The number of rotatable bonds is 8. The molecule has 1 atom stereocenters. The van der Waals surface area contributed by atoms with Gasteiger partial charge in [-0.05, 0) is 50.2 Å². The van der Waals surface area contributed by atoms with Gasteiger partial charge in [0.1, 0.15) is 0 Å². The molecule has 150 valence electrons. The molecule has 1 fully saturated rings. The Kier molecular flexibility index (Phi) is 7.71. The maximum atomic E-state index is 11.7. The van der Waals surface area contributed by atoms with E-state index in [0.717, 1.165) is 57.9 Å². The van der Waals surface area contributed by atoms with Crippen LogP contribution in [0.4, 0.5) is 0 Å². The van der Waals surface area contributed by atoms with Crippen LogP contribution in [0.15, 0.2) is 64.5 Å². The SMILES string of the molecule is CCNC(=NCCCCn1ccccc1=O)N1CCC(Cc2ccccc2)C1. The van der Waals surface area contributed by atoms with Gasteiger partial charge in [-0.1, -0.05) is 36.4 Å². The number of pyridine rings is 1. The Morgan fingerprint density at radius 2 is 1.96 bits per heavy atom. The molecule has 5 heteroatoms.